The van der Waals surface area contributed by atoms with Gasteiger partial charge in [0.15, 0.2) is 0 Å². The van der Waals surface area contributed by atoms with E-state index in [1.807, 2.05) is 11.0 Å². The highest BCUT2D eigenvalue weighted by Gasteiger charge is 2.42. The van der Waals surface area contributed by atoms with Crippen LogP contribution in [0.15, 0.2) is 6.07 Å². The van der Waals surface area contributed by atoms with Crippen LogP contribution in [-0.2, 0) is 21.6 Å². The second-order valence-corrected chi connectivity index (χ2v) is 8.94. The Hall–Kier alpha value is -1.48. The molecule has 0 saturated carbocycles. The van der Waals surface area contributed by atoms with Gasteiger partial charge in [-0.25, -0.2) is 4.79 Å². The predicted octanol–water partition coefficient (Wildman–Crippen LogP) is 1.08. The Morgan fingerprint density at radius 2 is 1.89 bits per heavy atom. The lowest BCUT2D eigenvalue weighted by atomic mass is 9.82. The molecule has 27 heavy (non-hydrogen) atoms. The average Bonchev–Trinajstić information content (AvgIpc) is 3.11. The maximum atomic E-state index is 12.6. The van der Waals surface area contributed by atoms with E-state index in [9.17, 15) is 14.7 Å². The number of piperidine rings is 1. The van der Waals surface area contributed by atoms with Crippen LogP contribution in [-0.4, -0.2) is 91.2 Å². The van der Waals surface area contributed by atoms with Crippen LogP contribution in [0, 0.1) is 0 Å². The largest absolute Gasteiger partial charge is 0.477 e. The van der Waals surface area contributed by atoms with Crippen molar-refractivity contribution in [3.8, 4) is 0 Å². The summed E-state index contributed by atoms with van der Waals surface area (Å²) in [6.07, 6.45) is 2.41. The molecule has 4 rings (SSSR count). The normalized spacial score (nSPS) is 23.4. The van der Waals surface area contributed by atoms with Gasteiger partial charge in [-0.1, -0.05) is 0 Å². The molecular weight excluding hydrogens is 366 g/mol. The molecule has 3 aliphatic rings. The highest BCUT2D eigenvalue weighted by atomic mass is 32.1. The number of nitrogens with zero attached hydrogens (tertiary/aromatic N) is 3. The fourth-order valence-corrected chi connectivity index (χ4v) is 5.43. The molecule has 0 aliphatic carbocycles. The van der Waals surface area contributed by atoms with Crippen molar-refractivity contribution in [2.75, 3.05) is 59.5 Å². The monoisotopic (exact) mass is 393 g/mol. The van der Waals surface area contributed by atoms with E-state index in [2.05, 4.69) is 16.8 Å². The minimum absolute atomic E-state index is 0.216. The first-order chi connectivity index (χ1) is 13.0. The van der Waals surface area contributed by atoms with Gasteiger partial charge < -0.3 is 19.6 Å². The Morgan fingerprint density at radius 3 is 2.56 bits per heavy atom. The number of piperazine rings is 1. The van der Waals surface area contributed by atoms with E-state index in [4.69, 9.17) is 4.74 Å². The van der Waals surface area contributed by atoms with E-state index in [1.165, 1.54) is 11.3 Å². The third-order valence-corrected chi connectivity index (χ3v) is 7.28. The highest BCUT2D eigenvalue weighted by molar-refractivity contribution is 7.14. The summed E-state index contributed by atoms with van der Waals surface area (Å²) in [5.41, 5.74) is 0.701. The molecule has 1 N–H and O–H groups in total. The smallest absolute Gasteiger partial charge is 0.345 e. The number of carbonyl (C=O) groups excluding carboxylic acids is 1. The summed E-state index contributed by atoms with van der Waals surface area (Å²) >= 11 is 1.38. The molecule has 4 heterocycles. The molecule has 7 nitrogen and oxygen atoms in total. The number of rotatable bonds is 3. The predicted molar refractivity (Wildman–Crippen MR) is 102 cm³/mol. The molecule has 2 fully saturated rings. The number of likely N-dealkylation sites (tertiary alicyclic amines) is 1. The molecule has 8 heteroatoms. The Balaban J connectivity index is 1.38. The molecule has 1 spiro atoms. The third-order valence-electron chi connectivity index (χ3n) is 6.10. The topological polar surface area (TPSA) is 73.3 Å². The first kappa shape index (κ1) is 18.9. The standard InChI is InChI=1S/C19H27N3O4S/c1-20-7-9-22(10-8-20)17(23)13-21-5-3-19(4-6-21)14-12-16(18(24)25)27-15(14)2-11-26-19/h12H,2-11,13H2,1H3,(H,24,25). The number of hydrogen-bond acceptors (Lipinski definition) is 6. The summed E-state index contributed by atoms with van der Waals surface area (Å²) in [5.74, 6) is -0.646. The molecule has 0 unspecified atom stereocenters. The first-order valence-electron chi connectivity index (χ1n) is 9.66. The van der Waals surface area contributed by atoms with E-state index >= 15 is 0 Å². The number of carboxylic acids is 1. The Morgan fingerprint density at radius 1 is 1.19 bits per heavy atom. The summed E-state index contributed by atoms with van der Waals surface area (Å²) in [5, 5.41) is 9.32. The lowest BCUT2D eigenvalue weighted by molar-refractivity contribution is -0.137. The number of likely N-dealkylation sites (N-methyl/N-ethyl adjacent to an activating group) is 1. The van der Waals surface area contributed by atoms with E-state index in [0.29, 0.717) is 18.0 Å². The minimum atomic E-state index is -0.861. The van der Waals surface area contributed by atoms with Crippen LogP contribution in [0.25, 0.3) is 0 Å². The number of carboxylic acid groups (broad SMARTS) is 1. The van der Waals surface area contributed by atoms with Gasteiger partial charge >= 0.3 is 5.97 Å². The zero-order chi connectivity index (χ0) is 19.0. The maximum Gasteiger partial charge on any atom is 0.345 e. The minimum Gasteiger partial charge on any atom is -0.477 e. The van der Waals surface area contributed by atoms with E-state index in [0.717, 1.165) is 69.0 Å². The van der Waals surface area contributed by atoms with Gasteiger partial charge in [0.2, 0.25) is 5.91 Å². The van der Waals surface area contributed by atoms with Crippen LogP contribution in [0.2, 0.25) is 0 Å². The summed E-state index contributed by atoms with van der Waals surface area (Å²) in [4.78, 5) is 31.9. The van der Waals surface area contributed by atoms with Crippen molar-refractivity contribution >= 4 is 23.2 Å². The van der Waals surface area contributed by atoms with E-state index in [1.54, 1.807) is 0 Å². The van der Waals surface area contributed by atoms with Gasteiger partial charge in [0.1, 0.15) is 4.88 Å². The van der Waals surface area contributed by atoms with Gasteiger partial charge in [-0.05, 0) is 31.5 Å². The van der Waals surface area contributed by atoms with Crippen LogP contribution in [0.5, 0.6) is 0 Å². The number of ether oxygens (including phenoxy) is 1. The molecule has 0 bridgehead atoms. The molecule has 0 atom stereocenters. The zero-order valence-corrected chi connectivity index (χ0v) is 16.6. The number of fused-ring (bicyclic) bond motifs is 2. The Labute approximate surface area is 163 Å². The number of thiophene rings is 1. The molecule has 1 amide bonds. The van der Waals surface area contributed by atoms with Crippen molar-refractivity contribution < 1.29 is 19.4 Å². The van der Waals surface area contributed by atoms with Crippen molar-refractivity contribution in [2.24, 2.45) is 0 Å². The summed E-state index contributed by atoms with van der Waals surface area (Å²) in [7, 11) is 2.09. The van der Waals surface area contributed by atoms with Crippen molar-refractivity contribution in [2.45, 2.75) is 24.9 Å². The van der Waals surface area contributed by atoms with Crippen LogP contribution in [0.1, 0.15) is 33.0 Å². The summed E-state index contributed by atoms with van der Waals surface area (Å²) in [6.45, 7) is 6.22. The molecule has 0 radical (unpaired) electrons. The van der Waals surface area contributed by atoms with Crippen molar-refractivity contribution in [1.29, 1.82) is 0 Å². The first-order valence-corrected chi connectivity index (χ1v) is 10.5. The SMILES string of the molecule is CN1CCN(C(=O)CN2CCC3(CC2)OCCc2sc(C(=O)O)cc23)CC1. The maximum absolute atomic E-state index is 12.6. The highest BCUT2D eigenvalue weighted by Crippen LogP contribution is 2.44. The lowest BCUT2D eigenvalue weighted by Gasteiger charge is -2.44. The molecule has 1 aromatic rings. The third kappa shape index (κ3) is 3.76. The van der Waals surface area contributed by atoms with Gasteiger partial charge in [-0.15, -0.1) is 11.3 Å². The summed E-state index contributed by atoms with van der Waals surface area (Å²) < 4.78 is 6.19. The zero-order valence-electron chi connectivity index (χ0n) is 15.8. The lowest BCUT2D eigenvalue weighted by Crippen LogP contribution is -2.52. The van der Waals surface area contributed by atoms with Crippen molar-refractivity contribution in [3.63, 3.8) is 0 Å². The molecule has 0 aromatic carbocycles. The van der Waals surface area contributed by atoms with Gasteiger partial charge in [-0.2, -0.15) is 0 Å². The quantitative estimate of drug-likeness (QED) is 0.829. The van der Waals surface area contributed by atoms with Crippen LogP contribution < -0.4 is 0 Å². The molecule has 3 aliphatic heterocycles. The van der Waals surface area contributed by atoms with Crippen molar-refractivity contribution in [3.05, 3.63) is 21.4 Å². The fourth-order valence-electron chi connectivity index (χ4n) is 4.36. The number of amides is 1. The molecular formula is C19H27N3O4S. The van der Waals surface area contributed by atoms with Gasteiger partial charge in [0.05, 0.1) is 18.8 Å². The number of hydrogen-bond donors (Lipinski definition) is 1. The van der Waals surface area contributed by atoms with E-state index in [-0.39, 0.29) is 11.5 Å². The van der Waals surface area contributed by atoms with Crippen LogP contribution in [0.4, 0.5) is 0 Å². The second-order valence-electron chi connectivity index (χ2n) is 7.81. The van der Waals surface area contributed by atoms with Gasteiger partial charge in [-0.3, -0.25) is 9.69 Å². The summed E-state index contributed by atoms with van der Waals surface area (Å²) in [6, 6.07) is 1.81. The van der Waals surface area contributed by atoms with Crippen LogP contribution in [0.3, 0.4) is 0 Å². The van der Waals surface area contributed by atoms with E-state index < -0.39 is 5.97 Å². The number of aromatic carboxylic acids is 1. The number of carbonyl (C=O) groups is 2. The van der Waals surface area contributed by atoms with Crippen LogP contribution >= 0.6 is 11.3 Å². The average molecular weight is 394 g/mol. The Kier molecular flexibility index (Phi) is 5.24. The molecule has 1 aromatic heterocycles. The molecule has 2 saturated heterocycles. The van der Waals surface area contributed by atoms with Crippen molar-refractivity contribution in [1.82, 2.24) is 14.7 Å². The second kappa shape index (κ2) is 7.50. The fraction of sp³-hybridized carbons (Fsp3) is 0.684. The Bertz CT molecular complexity index is 719. The molecule has 148 valence electrons. The van der Waals surface area contributed by atoms with Gasteiger partial charge in [0, 0.05) is 50.6 Å². The van der Waals surface area contributed by atoms with Gasteiger partial charge in [0.25, 0.3) is 0 Å².